The lowest BCUT2D eigenvalue weighted by molar-refractivity contribution is 0.103. The Hall–Kier alpha value is -2.09. The first-order valence-electron chi connectivity index (χ1n) is 7.05. The van der Waals surface area contributed by atoms with E-state index in [1.807, 2.05) is 55.5 Å². The largest absolute Gasteiger partial charge is 0.494 e. The van der Waals surface area contributed by atoms with Crippen molar-refractivity contribution in [2.45, 2.75) is 26.7 Å². The minimum Gasteiger partial charge on any atom is -0.494 e. The Bertz CT molecular complexity index is 570. The summed E-state index contributed by atoms with van der Waals surface area (Å²) >= 11 is 0. The number of hydrogen-bond donors (Lipinski definition) is 0. The number of hydrogen-bond acceptors (Lipinski definition) is 2. The van der Waals surface area contributed by atoms with Crippen LogP contribution in [0.15, 0.2) is 48.5 Å². The van der Waals surface area contributed by atoms with Gasteiger partial charge in [-0.3, -0.25) is 4.79 Å². The predicted octanol–water partition coefficient (Wildman–Crippen LogP) is 4.40. The first kappa shape index (κ1) is 14.3. The zero-order valence-corrected chi connectivity index (χ0v) is 12.1. The summed E-state index contributed by atoms with van der Waals surface area (Å²) < 4.78 is 5.60. The molecule has 0 saturated carbocycles. The second kappa shape index (κ2) is 6.90. The van der Waals surface area contributed by atoms with Gasteiger partial charge in [0.1, 0.15) is 5.75 Å². The first-order chi connectivity index (χ1) is 9.72. The van der Waals surface area contributed by atoms with E-state index in [0.29, 0.717) is 5.56 Å². The molecule has 104 valence electrons. The maximum absolute atomic E-state index is 12.4. The van der Waals surface area contributed by atoms with Crippen molar-refractivity contribution in [3.05, 3.63) is 65.2 Å². The molecule has 0 amide bonds. The highest BCUT2D eigenvalue weighted by Crippen LogP contribution is 2.17. The van der Waals surface area contributed by atoms with Crippen LogP contribution in [0.1, 0.15) is 41.3 Å². The fraction of sp³-hybridized carbons (Fsp3) is 0.278. The van der Waals surface area contributed by atoms with Crippen LogP contribution in [0.3, 0.4) is 0 Å². The molecule has 0 radical (unpaired) electrons. The molecule has 0 aromatic heterocycles. The molecular formula is C18H20O2. The highest BCUT2D eigenvalue weighted by atomic mass is 16.5. The Kier molecular flexibility index (Phi) is 4.94. The number of ether oxygens (including phenoxy) is 1. The van der Waals surface area contributed by atoms with E-state index in [-0.39, 0.29) is 5.78 Å². The fourth-order valence-electron chi connectivity index (χ4n) is 2.02. The molecule has 2 aromatic rings. The van der Waals surface area contributed by atoms with E-state index >= 15 is 0 Å². The van der Waals surface area contributed by atoms with Crippen molar-refractivity contribution in [3.63, 3.8) is 0 Å². The van der Waals surface area contributed by atoms with Gasteiger partial charge in [-0.2, -0.15) is 0 Å². The standard InChI is InChI=1S/C18H20O2/c1-3-4-13-20-16-11-9-15(10-12-16)18(19)17-8-6-5-7-14(17)2/h5-12H,3-4,13H2,1-2H3. The van der Waals surface area contributed by atoms with Gasteiger partial charge in [0.05, 0.1) is 6.61 Å². The van der Waals surface area contributed by atoms with Gasteiger partial charge in [0.15, 0.2) is 5.78 Å². The van der Waals surface area contributed by atoms with Crippen molar-refractivity contribution in [3.8, 4) is 5.75 Å². The first-order valence-corrected chi connectivity index (χ1v) is 7.05. The van der Waals surface area contributed by atoms with Crippen LogP contribution >= 0.6 is 0 Å². The van der Waals surface area contributed by atoms with Crippen LogP contribution in [-0.4, -0.2) is 12.4 Å². The van der Waals surface area contributed by atoms with Crippen LogP contribution in [0.4, 0.5) is 0 Å². The number of carbonyl (C=O) groups excluding carboxylic acids is 1. The maximum atomic E-state index is 12.4. The van der Waals surface area contributed by atoms with Crippen molar-refractivity contribution >= 4 is 5.78 Å². The van der Waals surface area contributed by atoms with Crippen LogP contribution in [0, 0.1) is 6.92 Å². The number of ketones is 1. The molecule has 2 heteroatoms. The molecule has 20 heavy (non-hydrogen) atoms. The molecule has 2 aromatic carbocycles. The second-order valence-corrected chi connectivity index (χ2v) is 4.87. The van der Waals surface area contributed by atoms with E-state index < -0.39 is 0 Å². The van der Waals surface area contributed by atoms with E-state index in [1.165, 1.54) is 0 Å². The monoisotopic (exact) mass is 268 g/mol. The number of rotatable bonds is 6. The number of unbranched alkanes of at least 4 members (excludes halogenated alkanes) is 1. The van der Waals surface area contributed by atoms with Crippen molar-refractivity contribution in [1.29, 1.82) is 0 Å². The Labute approximate surface area is 120 Å². The van der Waals surface area contributed by atoms with Gasteiger partial charge in [-0.05, 0) is 43.2 Å². The third-order valence-electron chi connectivity index (χ3n) is 3.27. The molecule has 0 fully saturated rings. The topological polar surface area (TPSA) is 26.3 Å². The van der Waals surface area contributed by atoms with Gasteiger partial charge in [-0.1, -0.05) is 37.6 Å². The van der Waals surface area contributed by atoms with Crippen LogP contribution in [0.25, 0.3) is 0 Å². The molecule has 0 aliphatic carbocycles. The van der Waals surface area contributed by atoms with Crippen molar-refractivity contribution in [1.82, 2.24) is 0 Å². The molecule has 0 aliphatic heterocycles. The Balaban J connectivity index is 2.10. The number of benzene rings is 2. The van der Waals surface area contributed by atoms with Gasteiger partial charge in [-0.25, -0.2) is 0 Å². The minimum atomic E-state index is 0.0585. The highest BCUT2D eigenvalue weighted by Gasteiger charge is 2.10. The fourth-order valence-corrected chi connectivity index (χ4v) is 2.02. The lowest BCUT2D eigenvalue weighted by atomic mass is 9.99. The van der Waals surface area contributed by atoms with E-state index in [0.717, 1.165) is 36.3 Å². The molecule has 2 nitrogen and oxygen atoms in total. The summed E-state index contributed by atoms with van der Waals surface area (Å²) in [4.78, 5) is 12.4. The second-order valence-electron chi connectivity index (χ2n) is 4.87. The van der Waals surface area contributed by atoms with Gasteiger partial charge in [0, 0.05) is 11.1 Å². The molecule has 0 N–H and O–H groups in total. The average Bonchev–Trinajstić information content (AvgIpc) is 2.48. The number of aryl methyl sites for hydroxylation is 1. The molecule has 0 unspecified atom stereocenters. The molecule has 0 heterocycles. The third-order valence-corrected chi connectivity index (χ3v) is 3.27. The summed E-state index contributed by atoms with van der Waals surface area (Å²) in [7, 11) is 0. The van der Waals surface area contributed by atoms with Crippen molar-refractivity contribution < 1.29 is 9.53 Å². The van der Waals surface area contributed by atoms with Gasteiger partial charge < -0.3 is 4.74 Å². The Morgan fingerprint density at radius 2 is 1.75 bits per heavy atom. The molecule has 0 bridgehead atoms. The Morgan fingerprint density at radius 3 is 2.40 bits per heavy atom. The van der Waals surface area contributed by atoms with Gasteiger partial charge in [-0.15, -0.1) is 0 Å². The molecule has 0 spiro atoms. The third kappa shape index (κ3) is 3.47. The van der Waals surface area contributed by atoms with Gasteiger partial charge >= 0.3 is 0 Å². The summed E-state index contributed by atoms with van der Waals surface area (Å²) in [6.45, 7) is 4.81. The van der Waals surface area contributed by atoms with E-state index in [4.69, 9.17) is 4.74 Å². The summed E-state index contributed by atoms with van der Waals surface area (Å²) in [5.41, 5.74) is 2.45. The smallest absolute Gasteiger partial charge is 0.193 e. The lowest BCUT2D eigenvalue weighted by Gasteiger charge is -2.07. The lowest BCUT2D eigenvalue weighted by Crippen LogP contribution is -2.03. The maximum Gasteiger partial charge on any atom is 0.193 e. The van der Waals surface area contributed by atoms with Crippen LogP contribution < -0.4 is 4.74 Å². The molecule has 0 saturated heterocycles. The van der Waals surface area contributed by atoms with E-state index in [2.05, 4.69) is 6.92 Å². The van der Waals surface area contributed by atoms with E-state index in [1.54, 1.807) is 0 Å². The predicted molar refractivity (Wildman–Crippen MR) is 81.5 cm³/mol. The summed E-state index contributed by atoms with van der Waals surface area (Å²) in [5, 5.41) is 0. The highest BCUT2D eigenvalue weighted by molar-refractivity contribution is 6.09. The minimum absolute atomic E-state index is 0.0585. The van der Waals surface area contributed by atoms with Crippen LogP contribution in [0.2, 0.25) is 0 Å². The van der Waals surface area contributed by atoms with Crippen molar-refractivity contribution in [2.24, 2.45) is 0 Å². The normalized spacial score (nSPS) is 10.3. The van der Waals surface area contributed by atoms with Crippen LogP contribution in [0.5, 0.6) is 5.75 Å². The molecular weight excluding hydrogens is 248 g/mol. The molecule has 0 aliphatic rings. The van der Waals surface area contributed by atoms with Gasteiger partial charge in [0.2, 0.25) is 0 Å². The number of carbonyl (C=O) groups is 1. The molecule has 0 atom stereocenters. The summed E-state index contributed by atoms with van der Waals surface area (Å²) in [6, 6.07) is 15.0. The van der Waals surface area contributed by atoms with Crippen LogP contribution in [-0.2, 0) is 0 Å². The zero-order valence-electron chi connectivity index (χ0n) is 12.1. The summed E-state index contributed by atoms with van der Waals surface area (Å²) in [6.07, 6.45) is 2.16. The summed E-state index contributed by atoms with van der Waals surface area (Å²) in [5.74, 6) is 0.878. The zero-order chi connectivity index (χ0) is 14.4. The average molecular weight is 268 g/mol. The van der Waals surface area contributed by atoms with Crippen molar-refractivity contribution in [2.75, 3.05) is 6.61 Å². The molecule has 2 rings (SSSR count). The Morgan fingerprint density at radius 1 is 1.05 bits per heavy atom. The van der Waals surface area contributed by atoms with Gasteiger partial charge in [0.25, 0.3) is 0 Å². The SMILES string of the molecule is CCCCOc1ccc(C(=O)c2ccccc2C)cc1. The quantitative estimate of drug-likeness (QED) is 0.573. The van der Waals surface area contributed by atoms with E-state index in [9.17, 15) is 4.79 Å².